The SMILES string of the molecule is CCCCCCC/C=C\C/C=C\CCCCO[C@@H]1C[C@@]2(C)[C@@H]3CC=C4[C@@H](C[C@H](O)C(=O)C4(C)C)[C@]3(C)C(=O)C[C@]2(C)C1C(C)(O)C(=O)/C=C/C(C)(C)OC(C)=O. The number of esters is 1. The number of hydrogen-bond acceptors (Lipinski definition) is 8. The number of unbranched alkanes of at least 4 members (excludes halogenated alkanes) is 7. The van der Waals surface area contributed by atoms with Gasteiger partial charge >= 0.3 is 5.97 Å². The molecule has 0 amide bonds. The number of carbonyl (C=O) groups is 4. The standard InChI is InChI=1S/C48H74O8/c1-11-12-13-14-15-16-17-18-19-20-21-22-23-24-29-55-37-31-45(7)38-26-25-34-35(30-36(50)42(53)44(34,5)6)47(38,9)40(52)32-46(45,8)41(37)48(10,54)39(51)27-28-43(3,4)56-33(2)49/h17-18,20-21,25,27-28,35-38,41,50,54H,11-16,19,22-24,26,29-32H2,1-10H3/b18-17-,21-20-,28-27+/t35-,36+,37-,38+,41?,45+,46-,47+,48?/m1/s1. The van der Waals surface area contributed by atoms with Crippen LogP contribution in [0.1, 0.15) is 159 Å². The van der Waals surface area contributed by atoms with Gasteiger partial charge in [-0.15, -0.1) is 0 Å². The highest BCUT2D eigenvalue weighted by molar-refractivity contribution is 5.98. The lowest BCUT2D eigenvalue weighted by Gasteiger charge is -2.64. The summed E-state index contributed by atoms with van der Waals surface area (Å²) in [6, 6.07) is 0. The molecule has 56 heavy (non-hydrogen) atoms. The van der Waals surface area contributed by atoms with Crippen LogP contribution in [0.25, 0.3) is 0 Å². The first kappa shape index (κ1) is 46.0. The van der Waals surface area contributed by atoms with E-state index in [9.17, 15) is 29.4 Å². The van der Waals surface area contributed by atoms with Gasteiger partial charge in [0.15, 0.2) is 11.6 Å². The van der Waals surface area contributed by atoms with Crippen LogP contribution in [0.2, 0.25) is 0 Å². The average molecular weight is 779 g/mol. The highest BCUT2D eigenvalue weighted by atomic mass is 16.6. The summed E-state index contributed by atoms with van der Waals surface area (Å²) in [5.74, 6) is -2.32. The molecule has 0 aromatic rings. The first-order valence-electron chi connectivity index (χ1n) is 21.6. The second-order valence-corrected chi connectivity index (χ2v) is 19.5. The molecule has 0 bridgehead atoms. The highest BCUT2D eigenvalue weighted by Gasteiger charge is 2.75. The Morgan fingerprint density at radius 1 is 0.911 bits per heavy atom. The minimum Gasteiger partial charge on any atom is -0.456 e. The molecule has 0 aliphatic heterocycles. The zero-order valence-corrected chi connectivity index (χ0v) is 36.4. The Morgan fingerprint density at radius 2 is 1.54 bits per heavy atom. The fourth-order valence-electron chi connectivity index (χ4n) is 11.5. The van der Waals surface area contributed by atoms with Gasteiger partial charge in [0.25, 0.3) is 0 Å². The Balaban J connectivity index is 1.55. The van der Waals surface area contributed by atoms with Gasteiger partial charge in [-0.3, -0.25) is 19.2 Å². The van der Waals surface area contributed by atoms with Crippen molar-refractivity contribution in [2.24, 2.45) is 39.4 Å². The van der Waals surface area contributed by atoms with E-state index in [1.807, 2.05) is 20.8 Å². The van der Waals surface area contributed by atoms with E-state index in [2.05, 4.69) is 51.2 Å². The third kappa shape index (κ3) is 9.13. The lowest BCUT2D eigenvalue weighted by molar-refractivity contribution is -0.184. The van der Waals surface area contributed by atoms with Gasteiger partial charge in [-0.1, -0.05) is 89.3 Å². The zero-order chi connectivity index (χ0) is 41.7. The smallest absolute Gasteiger partial charge is 0.303 e. The van der Waals surface area contributed by atoms with Gasteiger partial charge in [0.05, 0.1) is 6.10 Å². The molecule has 0 aromatic carbocycles. The molecule has 0 aromatic heterocycles. The van der Waals surface area contributed by atoms with Gasteiger partial charge in [0.2, 0.25) is 0 Å². The van der Waals surface area contributed by atoms with Crippen LogP contribution in [0, 0.1) is 39.4 Å². The van der Waals surface area contributed by atoms with Crippen LogP contribution >= 0.6 is 0 Å². The van der Waals surface area contributed by atoms with Crippen molar-refractivity contribution in [1.29, 1.82) is 0 Å². The van der Waals surface area contributed by atoms with E-state index in [0.29, 0.717) is 19.4 Å². The molecule has 8 nitrogen and oxygen atoms in total. The summed E-state index contributed by atoms with van der Waals surface area (Å²) < 4.78 is 12.1. The minimum absolute atomic E-state index is 0.0458. The molecule has 0 saturated heterocycles. The van der Waals surface area contributed by atoms with Crippen LogP contribution in [0.5, 0.6) is 0 Å². The lowest BCUT2D eigenvalue weighted by Crippen LogP contribution is -2.65. The van der Waals surface area contributed by atoms with Crippen molar-refractivity contribution in [2.75, 3.05) is 6.61 Å². The van der Waals surface area contributed by atoms with Crippen LogP contribution in [0.3, 0.4) is 0 Å². The van der Waals surface area contributed by atoms with Crippen molar-refractivity contribution in [2.45, 2.75) is 183 Å². The number of carbonyl (C=O) groups excluding carboxylic acids is 4. The fraction of sp³-hybridized carbons (Fsp3) is 0.750. The molecule has 2 unspecified atom stereocenters. The molecular formula is C48H74O8. The molecule has 3 fully saturated rings. The molecule has 8 heteroatoms. The molecule has 9 atom stereocenters. The zero-order valence-electron chi connectivity index (χ0n) is 36.4. The van der Waals surface area contributed by atoms with Crippen molar-refractivity contribution >= 4 is 23.3 Å². The van der Waals surface area contributed by atoms with Gasteiger partial charge in [-0.25, -0.2) is 0 Å². The number of ether oxygens (including phenoxy) is 2. The van der Waals surface area contributed by atoms with Crippen molar-refractivity contribution < 1.29 is 38.9 Å². The Morgan fingerprint density at radius 3 is 2.16 bits per heavy atom. The maximum absolute atomic E-state index is 14.8. The third-order valence-electron chi connectivity index (χ3n) is 14.7. The maximum atomic E-state index is 14.8. The summed E-state index contributed by atoms with van der Waals surface area (Å²) in [5, 5.41) is 23.4. The number of aliphatic hydroxyl groups excluding tert-OH is 1. The van der Waals surface area contributed by atoms with Crippen molar-refractivity contribution in [1.82, 2.24) is 0 Å². The van der Waals surface area contributed by atoms with Gasteiger partial charge in [-0.2, -0.15) is 0 Å². The summed E-state index contributed by atoms with van der Waals surface area (Å²) in [5.41, 5.74) is -5.06. The van der Waals surface area contributed by atoms with Crippen LogP contribution in [0.4, 0.5) is 0 Å². The summed E-state index contributed by atoms with van der Waals surface area (Å²) in [6.45, 7) is 18.9. The van der Waals surface area contributed by atoms with Gasteiger partial charge in [0, 0.05) is 36.7 Å². The normalized spacial score (nSPS) is 34.0. The van der Waals surface area contributed by atoms with Crippen molar-refractivity contribution in [3.05, 3.63) is 48.1 Å². The number of hydrogen-bond donors (Lipinski definition) is 2. The van der Waals surface area contributed by atoms with Gasteiger partial charge in [0.1, 0.15) is 23.1 Å². The first-order chi connectivity index (χ1) is 26.1. The molecular weight excluding hydrogens is 705 g/mol. The lowest BCUT2D eigenvalue weighted by atomic mass is 9.38. The molecule has 0 heterocycles. The molecule has 3 saturated carbocycles. The molecule has 4 rings (SSSR count). The Hall–Kier alpha value is -2.68. The predicted molar refractivity (Wildman–Crippen MR) is 222 cm³/mol. The summed E-state index contributed by atoms with van der Waals surface area (Å²) in [6.07, 6.45) is 25.0. The third-order valence-corrected chi connectivity index (χ3v) is 14.7. The van der Waals surface area contributed by atoms with E-state index in [0.717, 1.165) is 37.7 Å². The fourth-order valence-corrected chi connectivity index (χ4v) is 11.5. The van der Waals surface area contributed by atoms with E-state index in [1.54, 1.807) is 20.8 Å². The van der Waals surface area contributed by atoms with Gasteiger partial charge in [-0.05, 0) is 127 Å². The molecule has 4 aliphatic carbocycles. The van der Waals surface area contributed by atoms with E-state index in [4.69, 9.17) is 9.47 Å². The first-order valence-corrected chi connectivity index (χ1v) is 21.6. The Labute approximate surface area is 338 Å². The number of rotatable bonds is 19. The number of ketones is 3. The van der Waals surface area contributed by atoms with Crippen molar-refractivity contribution in [3.8, 4) is 0 Å². The van der Waals surface area contributed by atoms with Crippen LogP contribution in [-0.4, -0.2) is 63.5 Å². The average Bonchev–Trinajstić information content (AvgIpc) is 3.34. The Bertz CT molecular complexity index is 1560. The Kier molecular flexibility index (Phi) is 14.8. The second-order valence-electron chi connectivity index (χ2n) is 19.5. The maximum Gasteiger partial charge on any atom is 0.303 e. The van der Waals surface area contributed by atoms with E-state index >= 15 is 0 Å². The van der Waals surface area contributed by atoms with Crippen molar-refractivity contribution in [3.63, 3.8) is 0 Å². The molecule has 0 spiro atoms. The van der Waals surface area contributed by atoms with Gasteiger partial charge < -0.3 is 19.7 Å². The molecule has 2 N–H and O–H groups in total. The summed E-state index contributed by atoms with van der Waals surface area (Å²) in [7, 11) is 0. The van der Waals surface area contributed by atoms with Crippen LogP contribution < -0.4 is 0 Å². The molecule has 314 valence electrons. The van der Waals surface area contributed by atoms with E-state index < -0.39 is 62.7 Å². The number of aliphatic hydroxyl groups is 2. The number of allylic oxidation sites excluding steroid dienone is 6. The quantitative estimate of drug-likeness (QED) is 0.0575. The molecule has 0 radical (unpaired) electrons. The van der Waals surface area contributed by atoms with E-state index in [1.165, 1.54) is 51.2 Å². The number of fused-ring (bicyclic) bond motifs is 5. The second kappa shape index (κ2) is 18.1. The number of Topliss-reactive ketones (excluding diaryl/α,β-unsaturated/α-hetero) is 2. The topological polar surface area (TPSA) is 127 Å². The van der Waals surface area contributed by atoms with E-state index in [-0.39, 0.29) is 36.2 Å². The van der Waals surface area contributed by atoms with Crippen LogP contribution in [-0.2, 0) is 28.7 Å². The molecule has 4 aliphatic rings. The minimum atomic E-state index is -1.90. The monoisotopic (exact) mass is 779 g/mol. The summed E-state index contributed by atoms with van der Waals surface area (Å²) in [4.78, 5) is 53.8. The summed E-state index contributed by atoms with van der Waals surface area (Å²) >= 11 is 0. The predicted octanol–water partition coefficient (Wildman–Crippen LogP) is 9.56. The largest absolute Gasteiger partial charge is 0.456 e. The highest BCUT2D eigenvalue weighted by Crippen LogP contribution is 2.74. The van der Waals surface area contributed by atoms with Crippen LogP contribution in [0.15, 0.2) is 48.1 Å².